The SMILES string of the molecule is c1cc2c(cc1COCCCCN1CCCCC1)OCO2. The first-order valence-electron chi connectivity index (χ1n) is 8.10. The van der Waals surface area contributed by atoms with Gasteiger partial charge in [0, 0.05) is 6.61 Å². The molecule has 0 radical (unpaired) electrons. The predicted octanol–water partition coefficient (Wildman–Crippen LogP) is 3.20. The van der Waals surface area contributed by atoms with Crippen molar-refractivity contribution in [3.05, 3.63) is 23.8 Å². The van der Waals surface area contributed by atoms with E-state index in [1.54, 1.807) is 0 Å². The summed E-state index contributed by atoms with van der Waals surface area (Å²) in [7, 11) is 0. The summed E-state index contributed by atoms with van der Waals surface area (Å²) >= 11 is 0. The Morgan fingerprint density at radius 2 is 1.86 bits per heavy atom. The van der Waals surface area contributed by atoms with Crippen LogP contribution >= 0.6 is 0 Å². The molecule has 1 fully saturated rings. The molecule has 0 saturated carbocycles. The van der Waals surface area contributed by atoms with Gasteiger partial charge in [0.2, 0.25) is 6.79 Å². The minimum atomic E-state index is 0.330. The van der Waals surface area contributed by atoms with Crippen molar-refractivity contribution < 1.29 is 14.2 Å². The summed E-state index contributed by atoms with van der Waals surface area (Å²) in [5.41, 5.74) is 1.15. The fourth-order valence-corrected chi connectivity index (χ4v) is 2.94. The topological polar surface area (TPSA) is 30.9 Å². The Balaban J connectivity index is 1.28. The number of unbranched alkanes of at least 4 members (excludes halogenated alkanes) is 1. The molecule has 3 rings (SSSR count). The van der Waals surface area contributed by atoms with Crippen molar-refractivity contribution in [2.24, 2.45) is 0 Å². The van der Waals surface area contributed by atoms with Gasteiger partial charge in [-0.2, -0.15) is 0 Å². The Kier molecular flexibility index (Phi) is 5.35. The normalized spacial score (nSPS) is 18.1. The third-order valence-corrected chi connectivity index (χ3v) is 4.17. The summed E-state index contributed by atoms with van der Waals surface area (Å²) in [4.78, 5) is 2.58. The number of fused-ring (bicyclic) bond motifs is 1. The van der Waals surface area contributed by atoms with Crippen molar-refractivity contribution in [2.75, 3.05) is 33.0 Å². The molecule has 0 N–H and O–H groups in total. The molecule has 0 unspecified atom stereocenters. The highest BCUT2D eigenvalue weighted by atomic mass is 16.7. The molecular weight excluding hydrogens is 266 g/mol. The molecule has 0 bridgehead atoms. The zero-order chi connectivity index (χ0) is 14.3. The maximum Gasteiger partial charge on any atom is 0.231 e. The van der Waals surface area contributed by atoms with Gasteiger partial charge in [0.25, 0.3) is 0 Å². The first-order chi connectivity index (χ1) is 10.4. The Bertz CT molecular complexity index is 444. The van der Waals surface area contributed by atoms with Crippen LogP contribution in [-0.2, 0) is 11.3 Å². The minimum Gasteiger partial charge on any atom is -0.454 e. The fourth-order valence-electron chi connectivity index (χ4n) is 2.94. The number of piperidine rings is 1. The molecule has 0 spiro atoms. The van der Waals surface area contributed by atoms with Crippen molar-refractivity contribution in [2.45, 2.75) is 38.7 Å². The molecule has 1 aromatic carbocycles. The van der Waals surface area contributed by atoms with Gasteiger partial charge in [0.1, 0.15) is 0 Å². The van der Waals surface area contributed by atoms with Crippen LogP contribution in [0.5, 0.6) is 11.5 Å². The highest BCUT2D eigenvalue weighted by Gasteiger charge is 2.13. The molecule has 2 aliphatic heterocycles. The third-order valence-electron chi connectivity index (χ3n) is 4.17. The summed E-state index contributed by atoms with van der Waals surface area (Å²) in [5.74, 6) is 1.67. The fraction of sp³-hybridized carbons (Fsp3) is 0.647. The maximum absolute atomic E-state index is 5.75. The summed E-state index contributed by atoms with van der Waals surface area (Å²) in [6.45, 7) is 5.63. The van der Waals surface area contributed by atoms with Crippen LogP contribution in [0, 0.1) is 0 Å². The molecule has 1 aromatic rings. The lowest BCUT2D eigenvalue weighted by atomic mass is 10.1. The molecule has 0 atom stereocenters. The van der Waals surface area contributed by atoms with Gasteiger partial charge in [-0.15, -0.1) is 0 Å². The number of rotatable bonds is 7. The van der Waals surface area contributed by atoms with Crippen LogP contribution in [-0.4, -0.2) is 37.9 Å². The predicted molar refractivity (Wildman–Crippen MR) is 81.7 cm³/mol. The van der Waals surface area contributed by atoms with Crippen LogP contribution in [0.2, 0.25) is 0 Å². The van der Waals surface area contributed by atoms with Gasteiger partial charge >= 0.3 is 0 Å². The largest absolute Gasteiger partial charge is 0.454 e. The van der Waals surface area contributed by atoms with Crippen molar-refractivity contribution in [1.82, 2.24) is 4.90 Å². The third kappa shape index (κ3) is 4.35. The van der Waals surface area contributed by atoms with E-state index in [9.17, 15) is 0 Å². The standard InChI is InChI=1S/C17H25NO3/c1-2-8-18(9-3-1)10-4-5-11-19-13-15-6-7-16-17(12-15)21-14-20-16/h6-7,12H,1-5,8-11,13-14H2. The summed E-state index contributed by atoms with van der Waals surface area (Å²) in [6.07, 6.45) is 6.54. The number of benzene rings is 1. The summed E-state index contributed by atoms with van der Waals surface area (Å²) in [5, 5.41) is 0. The van der Waals surface area contributed by atoms with Crippen molar-refractivity contribution >= 4 is 0 Å². The zero-order valence-corrected chi connectivity index (χ0v) is 12.7. The number of ether oxygens (including phenoxy) is 3. The number of hydrogen-bond acceptors (Lipinski definition) is 4. The van der Waals surface area contributed by atoms with Crippen molar-refractivity contribution in [3.63, 3.8) is 0 Å². The van der Waals surface area contributed by atoms with Crippen LogP contribution in [0.1, 0.15) is 37.7 Å². The van der Waals surface area contributed by atoms with E-state index in [4.69, 9.17) is 14.2 Å². The molecule has 0 amide bonds. The maximum atomic E-state index is 5.75. The van der Waals surface area contributed by atoms with Gasteiger partial charge in [0.05, 0.1) is 6.61 Å². The molecule has 4 nitrogen and oxygen atoms in total. The van der Waals surface area contributed by atoms with Crippen LogP contribution in [0.25, 0.3) is 0 Å². The van der Waals surface area contributed by atoms with E-state index in [0.717, 1.165) is 30.1 Å². The summed E-state index contributed by atoms with van der Waals surface area (Å²) in [6, 6.07) is 6.01. The quantitative estimate of drug-likeness (QED) is 0.722. The second kappa shape index (κ2) is 7.66. The lowest BCUT2D eigenvalue weighted by Gasteiger charge is -2.26. The molecule has 0 aromatic heterocycles. The van der Waals surface area contributed by atoms with Gasteiger partial charge in [-0.3, -0.25) is 0 Å². The number of hydrogen-bond donors (Lipinski definition) is 0. The highest BCUT2D eigenvalue weighted by molar-refractivity contribution is 5.44. The molecule has 21 heavy (non-hydrogen) atoms. The van der Waals surface area contributed by atoms with E-state index in [1.807, 2.05) is 18.2 Å². The van der Waals surface area contributed by atoms with E-state index in [-0.39, 0.29) is 0 Å². The van der Waals surface area contributed by atoms with Crippen LogP contribution in [0.4, 0.5) is 0 Å². The van der Waals surface area contributed by atoms with E-state index in [1.165, 1.54) is 45.3 Å². The molecule has 1 saturated heterocycles. The number of nitrogens with zero attached hydrogens (tertiary/aromatic N) is 1. The first-order valence-corrected chi connectivity index (χ1v) is 8.10. The minimum absolute atomic E-state index is 0.330. The van der Waals surface area contributed by atoms with Gasteiger partial charge in [-0.05, 0) is 63.0 Å². The van der Waals surface area contributed by atoms with Gasteiger partial charge in [-0.1, -0.05) is 12.5 Å². The Morgan fingerprint density at radius 1 is 1.00 bits per heavy atom. The van der Waals surface area contributed by atoms with E-state index in [0.29, 0.717) is 13.4 Å². The monoisotopic (exact) mass is 291 g/mol. The average molecular weight is 291 g/mol. The second-order valence-corrected chi connectivity index (χ2v) is 5.85. The lowest BCUT2D eigenvalue weighted by Crippen LogP contribution is -2.30. The zero-order valence-electron chi connectivity index (χ0n) is 12.7. The van der Waals surface area contributed by atoms with Crippen molar-refractivity contribution in [1.29, 1.82) is 0 Å². The Hall–Kier alpha value is -1.26. The van der Waals surface area contributed by atoms with Gasteiger partial charge in [-0.25, -0.2) is 0 Å². The lowest BCUT2D eigenvalue weighted by molar-refractivity contribution is 0.113. The molecule has 116 valence electrons. The van der Waals surface area contributed by atoms with Crippen LogP contribution < -0.4 is 9.47 Å². The Labute approximate surface area is 127 Å². The smallest absolute Gasteiger partial charge is 0.231 e. The van der Waals surface area contributed by atoms with E-state index in [2.05, 4.69) is 4.90 Å². The van der Waals surface area contributed by atoms with E-state index < -0.39 is 0 Å². The highest BCUT2D eigenvalue weighted by Crippen LogP contribution is 2.32. The summed E-state index contributed by atoms with van der Waals surface area (Å²) < 4.78 is 16.4. The van der Waals surface area contributed by atoms with Crippen LogP contribution in [0.15, 0.2) is 18.2 Å². The van der Waals surface area contributed by atoms with Crippen molar-refractivity contribution in [3.8, 4) is 11.5 Å². The molecule has 2 aliphatic rings. The first kappa shape index (κ1) is 14.7. The molecule has 0 aliphatic carbocycles. The molecule has 2 heterocycles. The van der Waals surface area contributed by atoms with Gasteiger partial charge < -0.3 is 19.1 Å². The van der Waals surface area contributed by atoms with Gasteiger partial charge in [0.15, 0.2) is 11.5 Å². The van der Waals surface area contributed by atoms with E-state index >= 15 is 0 Å². The van der Waals surface area contributed by atoms with Crippen LogP contribution in [0.3, 0.4) is 0 Å². The second-order valence-electron chi connectivity index (χ2n) is 5.85. The molecule has 4 heteroatoms. The molecular formula is C17H25NO3. The average Bonchev–Trinajstić information content (AvgIpc) is 2.99. The Morgan fingerprint density at radius 3 is 2.76 bits per heavy atom. The number of likely N-dealkylation sites (tertiary alicyclic amines) is 1.